The number of morpholine rings is 1. The first-order valence-corrected chi connectivity index (χ1v) is 11.1. The van der Waals surface area contributed by atoms with Crippen LogP contribution in [0.4, 0.5) is 11.8 Å². The van der Waals surface area contributed by atoms with E-state index in [2.05, 4.69) is 31.3 Å². The van der Waals surface area contributed by atoms with E-state index in [1.54, 1.807) is 46.1 Å². The van der Waals surface area contributed by atoms with Crippen molar-refractivity contribution >= 4 is 17.7 Å². The van der Waals surface area contributed by atoms with Crippen LogP contribution in [0.25, 0.3) is 22.6 Å². The van der Waals surface area contributed by atoms with Gasteiger partial charge in [0.1, 0.15) is 11.5 Å². The highest BCUT2D eigenvalue weighted by Gasteiger charge is 2.30. The number of rotatable bonds is 6. The fourth-order valence-electron chi connectivity index (χ4n) is 3.95. The smallest absolute Gasteiger partial charge is 0.328 e. The largest absolute Gasteiger partial charge is 0.480 e. The molecule has 0 bridgehead atoms. The molecule has 0 saturated carbocycles. The summed E-state index contributed by atoms with van der Waals surface area (Å²) in [7, 11) is 0. The summed E-state index contributed by atoms with van der Waals surface area (Å²) < 4.78 is 6.93. The van der Waals surface area contributed by atoms with Crippen LogP contribution < -0.4 is 10.6 Å². The van der Waals surface area contributed by atoms with Gasteiger partial charge in [0.15, 0.2) is 6.04 Å². The van der Waals surface area contributed by atoms with Crippen molar-refractivity contribution in [3.63, 3.8) is 0 Å². The van der Waals surface area contributed by atoms with E-state index in [1.165, 1.54) is 0 Å². The first kappa shape index (κ1) is 22.9. The molecule has 12 nitrogen and oxygen atoms in total. The Labute approximate surface area is 205 Å². The van der Waals surface area contributed by atoms with Crippen LogP contribution in [-0.2, 0) is 16.1 Å². The first-order valence-electron chi connectivity index (χ1n) is 11.1. The van der Waals surface area contributed by atoms with Gasteiger partial charge in [-0.2, -0.15) is 5.26 Å². The molecule has 36 heavy (non-hydrogen) atoms. The molecule has 5 rings (SSSR count). The van der Waals surface area contributed by atoms with Gasteiger partial charge in [-0.15, -0.1) is 5.10 Å². The molecule has 0 amide bonds. The average Bonchev–Trinajstić information content (AvgIpc) is 3.37. The molecule has 3 N–H and O–H groups in total. The second-order valence-corrected chi connectivity index (χ2v) is 8.10. The summed E-state index contributed by atoms with van der Waals surface area (Å²) in [5.74, 6) is -0.311. The molecule has 3 aromatic heterocycles. The number of carboxylic acid groups (broad SMARTS) is 1. The Bertz CT molecular complexity index is 1460. The first-order chi connectivity index (χ1) is 17.5. The second-order valence-electron chi connectivity index (χ2n) is 8.10. The molecular formula is C24H21N9O3. The molecule has 1 aliphatic rings. The molecule has 0 aliphatic carbocycles. The Hall–Kier alpha value is -4.89. The third kappa shape index (κ3) is 4.82. The highest BCUT2D eigenvalue weighted by atomic mass is 16.5. The van der Waals surface area contributed by atoms with E-state index in [1.807, 2.05) is 18.2 Å². The number of aromatic nitrogens is 6. The number of pyridine rings is 1. The van der Waals surface area contributed by atoms with Crippen LogP contribution >= 0.6 is 0 Å². The van der Waals surface area contributed by atoms with Crippen molar-refractivity contribution in [1.82, 2.24) is 29.9 Å². The molecule has 0 radical (unpaired) electrons. The van der Waals surface area contributed by atoms with Gasteiger partial charge in [-0.3, -0.25) is 0 Å². The normalized spacial score (nSPS) is 15.4. The summed E-state index contributed by atoms with van der Waals surface area (Å²) in [6.45, 7) is 1.31. The molecule has 4 heterocycles. The highest BCUT2D eigenvalue weighted by Crippen LogP contribution is 2.24. The zero-order valence-corrected chi connectivity index (χ0v) is 19.0. The molecule has 1 fully saturated rings. The van der Waals surface area contributed by atoms with Crippen molar-refractivity contribution in [2.24, 2.45) is 0 Å². The fourth-order valence-corrected chi connectivity index (χ4v) is 3.95. The van der Waals surface area contributed by atoms with Crippen LogP contribution in [0.1, 0.15) is 11.3 Å². The maximum absolute atomic E-state index is 11.6. The Morgan fingerprint density at radius 3 is 2.81 bits per heavy atom. The van der Waals surface area contributed by atoms with E-state index < -0.39 is 12.0 Å². The van der Waals surface area contributed by atoms with E-state index in [9.17, 15) is 15.2 Å². The summed E-state index contributed by atoms with van der Waals surface area (Å²) in [6, 6.07) is 15.6. The number of nitriles is 1. The van der Waals surface area contributed by atoms with Crippen LogP contribution in [0.3, 0.4) is 0 Å². The summed E-state index contributed by atoms with van der Waals surface area (Å²) >= 11 is 0. The number of nitrogen functional groups attached to an aromatic ring is 1. The highest BCUT2D eigenvalue weighted by molar-refractivity contribution is 5.78. The van der Waals surface area contributed by atoms with Gasteiger partial charge < -0.3 is 20.5 Å². The number of ether oxygens (including phenoxy) is 1. The zero-order chi connectivity index (χ0) is 25.1. The number of aliphatic carboxylic acids is 1. The molecule has 1 aromatic carbocycles. The van der Waals surface area contributed by atoms with Gasteiger partial charge in [0.2, 0.25) is 5.95 Å². The van der Waals surface area contributed by atoms with Gasteiger partial charge in [-0.25, -0.2) is 24.4 Å². The molecule has 1 atom stereocenters. The summed E-state index contributed by atoms with van der Waals surface area (Å²) in [4.78, 5) is 26.6. The lowest BCUT2D eigenvalue weighted by Gasteiger charge is -2.33. The summed E-state index contributed by atoms with van der Waals surface area (Å²) in [5.41, 5.74) is 9.44. The van der Waals surface area contributed by atoms with Gasteiger partial charge in [0, 0.05) is 12.1 Å². The molecule has 1 unspecified atom stereocenters. The molecule has 180 valence electrons. The maximum Gasteiger partial charge on any atom is 0.328 e. The Balaban J connectivity index is 1.38. The van der Waals surface area contributed by atoms with Gasteiger partial charge in [-0.05, 0) is 30.3 Å². The van der Waals surface area contributed by atoms with Crippen LogP contribution in [0, 0.1) is 11.3 Å². The average molecular weight is 483 g/mol. The van der Waals surface area contributed by atoms with Crippen molar-refractivity contribution in [1.29, 1.82) is 5.26 Å². The van der Waals surface area contributed by atoms with Crippen LogP contribution in [0.15, 0.2) is 54.7 Å². The predicted octanol–water partition coefficient (Wildman–Crippen LogP) is 1.59. The minimum Gasteiger partial charge on any atom is -0.480 e. The molecule has 12 heteroatoms. The minimum atomic E-state index is -0.953. The van der Waals surface area contributed by atoms with E-state index in [-0.39, 0.29) is 12.6 Å². The molecule has 1 aliphatic heterocycles. The monoisotopic (exact) mass is 483 g/mol. The number of benzene rings is 1. The number of nitrogens with two attached hydrogens (primary N) is 1. The third-order valence-electron chi connectivity index (χ3n) is 5.66. The summed E-state index contributed by atoms with van der Waals surface area (Å²) in [5, 5.41) is 27.1. The van der Waals surface area contributed by atoms with Crippen molar-refractivity contribution in [2.75, 3.05) is 30.4 Å². The SMILES string of the molecule is N#Cc1cccc(-c2cc(-c3cn(Cc4cccc(N5CCOCC5C(=O)O)n4)nn3)nc(N)n2)c1. The van der Waals surface area contributed by atoms with Crippen molar-refractivity contribution in [2.45, 2.75) is 12.6 Å². The van der Waals surface area contributed by atoms with Crippen molar-refractivity contribution < 1.29 is 14.6 Å². The standard InChI is InChI=1S/C24H21N9O3/c25-11-15-3-1-4-16(9-15)18-10-19(29-24(26)28-18)20-13-32(31-30-20)12-17-5-2-6-22(27-17)33-7-8-36-14-21(33)23(34)35/h1-6,9-10,13,21H,7-8,12,14H2,(H,34,35)(H2,26,28,29). The number of nitrogens with zero attached hydrogens (tertiary/aromatic N) is 8. The van der Waals surface area contributed by atoms with E-state index >= 15 is 0 Å². The lowest BCUT2D eigenvalue weighted by atomic mass is 10.1. The van der Waals surface area contributed by atoms with E-state index in [0.29, 0.717) is 53.9 Å². The second kappa shape index (κ2) is 9.77. The zero-order valence-electron chi connectivity index (χ0n) is 19.0. The van der Waals surface area contributed by atoms with Gasteiger partial charge in [0.05, 0.1) is 54.7 Å². The lowest BCUT2D eigenvalue weighted by molar-refractivity contribution is -0.141. The summed E-state index contributed by atoms with van der Waals surface area (Å²) in [6.07, 6.45) is 1.72. The Morgan fingerprint density at radius 2 is 1.97 bits per heavy atom. The molecule has 0 spiro atoms. The Kier molecular flexibility index (Phi) is 6.21. The maximum atomic E-state index is 11.6. The number of hydrogen-bond donors (Lipinski definition) is 2. The predicted molar refractivity (Wildman–Crippen MR) is 129 cm³/mol. The van der Waals surface area contributed by atoms with Crippen molar-refractivity contribution in [3.8, 4) is 28.7 Å². The topological polar surface area (TPSA) is 169 Å². The molecule has 1 saturated heterocycles. The fraction of sp³-hybridized carbons (Fsp3) is 0.208. The minimum absolute atomic E-state index is 0.0762. The van der Waals surface area contributed by atoms with Gasteiger partial charge in [-0.1, -0.05) is 23.4 Å². The quantitative estimate of drug-likeness (QED) is 0.408. The van der Waals surface area contributed by atoms with E-state index in [4.69, 9.17) is 10.5 Å². The number of anilines is 2. The number of hydrogen-bond acceptors (Lipinski definition) is 10. The van der Waals surface area contributed by atoms with Crippen molar-refractivity contribution in [3.05, 3.63) is 66.0 Å². The lowest BCUT2D eigenvalue weighted by Crippen LogP contribution is -2.50. The third-order valence-corrected chi connectivity index (χ3v) is 5.66. The van der Waals surface area contributed by atoms with Gasteiger partial charge >= 0.3 is 5.97 Å². The Morgan fingerprint density at radius 1 is 1.14 bits per heavy atom. The van der Waals surface area contributed by atoms with Gasteiger partial charge in [0.25, 0.3) is 0 Å². The van der Waals surface area contributed by atoms with Crippen LogP contribution in [-0.4, -0.2) is 66.8 Å². The van der Waals surface area contributed by atoms with Crippen LogP contribution in [0.5, 0.6) is 0 Å². The number of carboxylic acids is 1. The molecular weight excluding hydrogens is 462 g/mol. The van der Waals surface area contributed by atoms with Crippen LogP contribution in [0.2, 0.25) is 0 Å². The van der Waals surface area contributed by atoms with E-state index in [0.717, 1.165) is 5.56 Å². The number of carbonyl (C=O) groups is 1. The molecule has 4 aromatic rings.